The van der Waals surface area contributed by atoms with Crippen molar-refractivity contribution in [3.63, 3.8) is 0 Å². The Bertz CT molecular complexity index is 452. The van der Waals surface area contributed by atoms with Gasteiger partial charge < -0.3 is 5.73 Å². The first kappa shape index (κ1) is 9.93. The second-order valence-electron chi connectivity index (χ2n) is 3.60. The summed E-state index contributed by atoms with van der Waals surface area (Å²) in [5.74, 6) is 0. The molecule has 0 heterocycles. The highest BCUT2D eigenvalue weighted by molar-refractivity contribution is 14.1. The minimum Gasteiger partial charge on any atom is -0.313 e. The van der Waals surface area contributed by atoms with Gasteiger partial charge in [0.05, 0.1) is 3.55 Å². The SMILES string of the molecule is CC(N)(I)c1cccc2ccccc12. The van der Waals surface area contributed by atoms with Crippen LogP contribution in [0.15, 0.2) is 42.5 Å². The fourth-order valence-corrected chi connectivity index (χ4v) is 2.12. The molecule has 0 aliphatic heterocycles. The Labute approximate surface area is 97.4 Å². The lowest BCUT2D eigenvalue weighted by atomic mass is 10.0. The zero-order chi connectivity index (χ0) is 10.2. The molecule has 2 aromatic rings. The number of alkyl halides is 1. The van der Waals surface area contributed by atoms with Gasteiger partial charge >= 0.3 is 0 Å². The summed E-state index contributed by atoms with van der Waals surface area (Å²) in [5.41, 5.74) is 7.30. The molecular weight excluding hydrogens is 285 g/mol. The van der Waals surface area contributed by atoms with Crippen molar-refractivity contribution in [2.45, 2.75) is 10.5 Å². The summed E-state index contributed by atoms with van der Waals surface area (Å²) in [6.07, 6.45) is 0. The van der Waals surface area contributed by atoms with Crippen molar-refractivity contribution in [3.05, 3.63) is 48.0 Å². The second kappa shape index (κ2) is 3.51. The summed E-state index contributed by atoms with van der Waals surface area (Å²) in [5, 5.41) is 2.49. The third kappa shape index (κ3) is 1.77. The summed E-state index contributed by atoms with van der Waals surface area (Å²) >= 11 is 2.27. The van der Waals surface area contributed by atoms with Gasteiger partial charge in [-0.05, 0) is 23.3 Å². The molecule has 0 saturated heterocycles. The zero-order valence-corrected chi connectivity index (χ0v) is 10.2. The molecule has 1 unspecified atom stereocenters. The molecule has 0 fully saturated rings. The molecule has 0 bridgehead atoms. The Kier molecular flexibility index (Phi) is 2.49. The van der Waals surface area contributed by atoms with Crippen molar-refractivity contribution in [1.82, 2.24) is 0 Å². The van der Waals surface area contributed by atoms with Crippen LogP contribution in [0.1, 0.15) is 12.5 Å². The molecule has 0 aliphatic carbocycles. The molecule has 2 aromatic carbocycles. The number of fused-ring (bicyclic) bond motifs is 1. The smallest absolute Gasteiger partial charge is 0.0912 e. The highest BCUT2D eigenvalue weighted by Crippen LogP contribution is 2.31. The van der Waals surface area contributed by atoms with E-state index in [1.54, 1.807) is 0 Å². The molecule has 0 spiro atoms. The van der Waals surface area contributed by atoms with E-state index < -0.39 is 0 Å². The number of hydrogen-bond acceptors (Lipinski definition) is 1. The highest BCUT2D eigenvalue weighted by Gasteiger charge is 2.18. The van der Waals surface area contributed by atoms with Crippen LogP contribution in [0.4, 0.5) is 0 Å². The summed E-state index contributed by atoms with van der Waals surface area (Å²) in [6.45, 7) is 2.02. The highest BCUT2D eigenvalue weighted by atomic mass is 127. The normalized spacial score (nSPS) is 15.4. The summed E-state index contributed by atoms with van der Waals surface area (Å²) in [4.78, 5) is 0. The predicted octanol–water partition coefficient (Wildman–Crippen LogP) is 3.41. The summed E-state index contributed by atoms with van der Waals surface area (Å²) in [6, 6.07) is 14.6. The van der Waals surface area contributed by atoms with Crippen molar-refractivity contribution >= 4 is 33.4 Å². The van der Waals surface area contributed by atoms with Crippen molar-refractivity contribution in [1.29, 1.82) is 0 Å². The van der Waals surface area contributed by atoms with Gasteiger partial charge in [0.25, 0.3) is 0 Å². The molecule has 0 amide bonds. The maximum atomic E-state index is 6.11. The monoisotopic (exact) mass is 297 g/mol. The van der Waals surface area contributed by atoms with Gasteiger partial charge in [-0.15, -0.1) is 0 Å². The van der Waals surface area contributed by atoms with Gasteiger partial charge in [-0.1, -0.05) is 65.1 Å². The fraction of sp³-hybridized carbons (Fsp3) is 0.167. The molecule has 0 aromatic heterocycles. The largest absolute Gasteiger partial charge is 0.313 e. The third-order valence-corrected chi connectivity index (χ3v) is 2.90. The van der Waals surface area contributed by atoms with Crippen LogP contribution in [-0.4, -0.2) is 0 Å². The first-order chi connectivity index (χ1) is 6.59. The lowest BCUT2D eigenvalue weighted by molar-refractivity contribution is 0.788. The summed E-state index contributed by atoms with van der Waals surface area (Å²) < 4.78 is -0.307. The number of hydrogen-bond donors (Lipinski definition) is 1. The average Bonchev–Trinajstić information content (AvgIpc) is 2.15. The van der Waals surface area contributed by atoms with Gasteiger partial charge in [0.1, 0.15) is 0 Å². The third-order valence-electron chi connectivity index (χ3n) is 2.32. The minimum atomic E-state index is -0.307. The van der Waals surface area contributed by atoms with Crippen LogP contribution in [0.25, 0.3) is 10.8 Å². The van der Waals surface area contributed by atoms with E-state index in [4.69, 9.17) is 5.73 Å². The zero-order valence-electron chi connectivity index (χ0n) is 8.00. The van der Waals surface area contributed by atoms with Crippen LogP contribution >= 0.6 is 22.6 Å². The molecule has 0 aliphatic rings. The molecule has 14 heavy (non-hydrogen) atoms. The molecular formula is C12H12IN. The topological polar surface area (TPSA) is 26.0 Å². The van der Waals surface area contributed by atoms with E-state index in [-0.39, 0.29) is 3.55 Å². The first-order valence-electron chi connectivity index (χ1n) is 4.55. The Hall–Kier alpha value is -0.610. The molecule has 1 nitrogen and oxygen atoms in total. The van der Waals surface area contributed by atoms with Crippen LogP contribution in [0.3, 0.4) is 0 Å². The lowest BCUT2D eigenvalue weighted by Gasteiger charge is -2.19. The quantitative estimate of drug-likeness (QED) is 0.487. The molecule has 72 valence electrons. The Morgan fingerprint density at radius 3 is 2.43 bits per heavy atom. The predicted molar refractivity (Wildman–Crippen MR) is 69.5 cm³/mol. The lowest BCUT2D eigenvalue weighted by Crippen LogP contribution is -2.24. The maximum absolute atomic E-state index is 6.11. The van der Waals surface area contributed by atoms with Crippen LogP contribution in [0.2, 0.25) is 0 Å². The van der Waals surface area contributed by atoms with Crippen molar-refractivity contribution in [3.8, 4) is 0 Å². The van der Waals surface area contributed by atoms with Gasteiger partial charge in [0.2, 0.25) is 0 Å². The molecule has 0 saturated carbocycles. The van der Waals surface area contributed by atoms with Crippen molar-refractivity contribution in [2.75, 3.05) is 0 Å². The van der Waals surface area contributed by atoms with Gasteiger partial charge in [-0.2, -0.15) is 0 Å². The van der Waals surface area contributed by atoms with Gasteiger partial charge in [-0.25, -0.2) is 0 Å². The number of halogens is 1. The van der Waals surface area contributed by atoms with E-state index in [2.05, 4.69) is 52.9 Å². The standard InChI is InChI=1S/C12H12IN/c1-12(13,14)11-8-4-6-9-5-2-3-7-10(9)11/h2-8H,14H2,1H3. The van der Waals surface area contributed by atoms with Gasteiger partial charge in [-0.3, -0.25) is 0 Å². The molecule has 1 atom stereocenters. The number of nitrogens with two attached hydrogens (primary N) is 1. The van der Waals surface area contributed by atoms with Crippen LogP contribution in [0.5, 0.6) is 0 Å². The molecule has 2 rings (SSSR count). The maximum Gasteiger partial charge on any atom is 0.0912 e. The van der Waals surface area contributed by atoms with E-state index in [0.29, 0.717) is 0 Å². The van der Waals surface area contributed by atoms with Gasteiger partial charge in [0, 0.05) is 0 Å². The Morgan fingerprint density at radius 2 is 1.71 bits per heavy atom. The summed E-state index contributed by atoms with van der Waals surface area (Å²) in [7, 11) is 0. The Morgan fingerprint density at radius 1 is 1.07 bits per heavy atom. The number of rotatable bonds is 1. The van der Waals surface area contributed by atoms with Crippen LogP contribution < -0.4 is 5.73 Å². The van der Waals surface area contributed by atoms with E-state index in [1.165, 1.54) is 16.3 Å². The minimum absolute atomic E-state index is 0.307. The molecule has 0 radical (unpaired) electrons. The fourth-order valence-electron chi connectivity index (χ4n) is 1.65. The Balaban J connectivity index is 2.78. The first-order valence-corrected chi connectivity index (χ1v) is 5.63. The van der Waals surface area contributed by atoms with Crippen molar-refractivity contribution < 1.29 is 0 Å². The second-order valence-corrected chi connectivity index (χ2v) is 5.84. The van der Waals surface area contributed by atoms with E-state index in [1.807, 2.05) is 19.1 Å². The molecule has 2 heteroatoms. The number of benzene rings is 2. The van der Waals surface area contributed by atoms with Gasteiger partial charge in [0.15, 0.2) is 0 Å². The van der Waals surface area contributed by atoms with E-state index in [9.17, 15) is 0 Å². The van der Waals surface area contributed by atoms with Crippen LogP contribution in [0, 0.1) is 0 Å². The van der Waals surface area contributed by atoms with E-state index >= 15 is 0 Å². The molecule has 2 N–H and O–H groups in total. The van der Waals surface area contributed by atoms with E-state index in [0.717, 1.165) is 0 Å². The van der Waals surface area contributed by atoms with Crippen molar-refractivity contribution in [2.24, 2.45) is 5.73 Å². The van der Waals surface area contributed by atoms with Crippen LogP contribution in [-0.2, 0) is 3.55 Å². The average molecular weight is 297 g/mol.